The molecule has 1 aromatic carbocycles. The van der Waals surface area contributed by atoms with E-state index in [-0.39, 0.29) is 18.4 Å². The minimum Gasteiger partial charge on any atom is -0.494 e. The second kappa shape index (κ2) is 10.0. The monoisotopic (exact) mass is 467 g/mol. The Morgan fingerprint density at radius 3 is 2.59 bits per heavy atom. The number of rotatable bonds is 7. The number of carbonyl (C=O) groups is 1. The van der Waals surface area contributed by atoms with Gasteiger partial charge in [0.1, 0.15) is 5.75 Å². The largest absolute Gasteiger partial charge is 0.494 e. The summed E-state index contributed by atoms with van der Waals surface area (Å²) in [6.45, 7) is 5.32. The fourth-order valence-corrected chi connectivity index (χ4v) is 6.34. The van der Waals surface area contributed by atoms with Crippen LogP contribution in [0.5, 0.6) is 5.75 Å². The molecule has 0 radical (unpaired) electrons. The van der Waals surface area contributed by atoms with E-state index in [0.29, 0.717) is 71.7 Å². The molecule has 4 rings (SSSR count). The maximum absolute atomic E-state index is 13.2. The number of nitrogens with zero attached hydrogens (tertiary/aromatic N) is 2. The minimum absolute atomic E-state index is 0.124. The third kappa shape index (κ3) is 5.09. The van der Waals surface area contributed by atoms with E-state index in [4.69, 9.17) is 14.2 Å². The molecular formula is C22H33N3O6S. The van der Waals surface area contributed by atoms with Crippen molar-refractivity contribution in [2.45, 2.75) is 44.9 Å². The molecule has 0 bridgehead atoms. The number of piperidine rings is 2. The van der Waals surface area contributed by atoms with Crippen molar-refractivity contribution in [2.24, 2.45) is 5.92 Å². The number of hydrogen-bond donors (Lipinski definition) is 1. The molecule has 1 spiro atoms. The topological polar surface area (TPSA) is 97.4 Å². The van der Waals surface area contributed by atoms with E-state index in [2.05, 4.69) is 5.32 Å². The predicted octanol–water partition coefficient (Wildman–Crippen LogP) is 1.50. The van der Waals surface area contributed by atoms with Gasteiger partial charge in [0, 0.05) is 51.1 Å². The van der Waals surface area contributed by atoms with Gasteiger partial charge in [0.05, 0.1) is 25.7 Å². The highest BCUT2D eigenvalue weighted by atomic mass is 32.2. The molecule has 1 aromatic rings. The summed E-state index contributed by atoms with van der Waals surface area (Å²) in [6.07, 6.45) is 2.40. The van der Waals surface area contributed by atoms with E-state index in [1.54, 1.807) is 0 Å². The Hall–Kier alpha value is -1.72. The molecule has 10 heteroatoms. The lowest BCUT2D eigenvalue weighted by molar-refractivity contribution is -0.179. The van der Waals surface area contributed by atoms with Gasteiger partial charge in [0.25, 0.3) is 10.2 Å². The van der Waals surface area contributed by atoms with Gasteiger partial charge in [-0.2, -0.15) is 17.0 Å². The van der Waals surface area contributed by atoms with E-state index in [1.807, 2.05) is 31.2 Å². The Bertz CT molecular complexity index is 893. The lowest BCUT2D eigenvalue weighted by Crippen LogP contribution is -2.54. The molecule has 178 valence electrons. The highest BCUT2D eigenvalue weighted by Gasteiger charge is 2.44. The van der Waals surface area contributed by atoms with Crippen molar-refractivity contribution < 1.29 is 27.4 Å². The lowest BCUT2D eigenvalue weighted by atomic mass is 9.98. The van der Waals surface area contributed by atoms with Crippen LogP contribution in [0.15, 0.2) is 24.3 Å². The summed E-state index contributed by atoms with van der Waals surface area (Å²) in [5, 5.41) is 2.96. The summed E-state index contributed by atoms with van der Waals surface area (Å²) in [5.74, 6) is -0.355. The van der Waals surface area contributed by atoms with Crippen molar-refractivity contribution >= 4 is 16.1 Å². The number of nitrogens with one attached hydrogen (secondary N) is 1. The Labute approximate surface area is 190 Å². The van der Waals surface area contributed by atoms with E-state index >= 15 is 0 Å². The van der Waals surface area contributed by atoms with Gasteiger partial charge in [-0.25, -0.2) is 0 Å². The Morgan fingerprint density at radius 2 is 1.88 bits per heavy atom. The van der Waals surface area contributed by atoms with Crippen molar-refractivity contribution in [2.75, 3.05) is 46.0 Å². The first-order valence-electron chi connectivity index (χ1n) is 11.4. The van der Waals surface area contributed by atoms with Crippen LogP contribution in [0.3, 0.4) is 0 Å². The summed E-state index contributed by atoms with van der Waals surface area (Å²) in [4.78, 5) is 12.8. The lowest BCUT2D eigenvalue weighted by Gasteiger charge is -2.40. The Kier molecular flexibility index (Phi) is 7.36. The van der Waals surface area contributed by atoms with E-state index in [0.717, 1.165) is 11.3 Å². The van der Waals surface area contributed by atoms with Gasteiger partial charge < -0.3 is 19.5 Å². The number of carbonyl (C=O) groups excluding carboxylic acids is 1. The second-order valence-electron chi connectivity index (χ2n) is 8.47. The maximum atomic E-state index is 13.2. The number of hydrogen-bond acceptors (Lipinski definition) is 6. The normalized spacial score (nSPS) is 24.5. The van der Waals surface area contributed by atoms with Gasteiger partial charge in [-0.05, 0) is 25.8 Å². The van der Waals surface area contributed by atoms with Crippen molar-refractivity contribution in [3.63, 3.8) is 0 Å². The molecule has 3 aliphatic rings. The van der Waals surface area contributed by atoms with Crippen molar-refractivity contribution in [3.8, 4) is 5.75 Å². The molecule has 0 aromatic heterocycles. The van der Waals surface area contributed by atoms with Crippen LogP contribution in [-0.4, -0.2) is 74.7 Å². The van der Waals surface area contributed by atoms with Crippen molar-refractivity contribution in [1.82, 2.24) is 13.9 Å². The first-order valence-corrected chi connectivity index (χ1v) is 12.8. The number of benzene rings is 1. The average molecular weight is 468 g/mol. The molecule has 3 fully saturated rings. The summed E-state index contributed by atoms with van der Waals surface area (Å²) < 4.78 is 46.4. The molecule has 0 aliphatic carbocycles. The summed E-state index contributed by atoms with van der Waals surface area (Å²) >= 11 is 0. The van der Waals surface area contributed by atoms with E-state index in [1.165, 1.54) is 8.61 Å². The fourth-order valence-electron chi connectivity index (χ4n) is 4.65. The van der Waals surface area contributed by atoms with Gasteiger partial charge >= 0.3 is 0 Å². The van der Waals surface area contributed by atoms with Gasteiger partial charge in [0.15, 0.2) is 5.79 Å². The Morgan fingerprint density at radius 1 is 1.16 bits per heavy atom. The quantitative estimate of drug-likeness (QED) is 0.653. The molecule has 1 atom stereocenters. The molecule has 9 nitrogen and oxygen atoms in total. The average Bonchev–Trinajstić information content (AvgIpc) is 3.26. The maximum Gasteiger partial charge on any atom is 0.282 e. The molecule has 0 saturated carbocycles. The smallest absolute Gasteiger partial charge is 0.282 e. The van der Waals surface area contributed by atoms with Crippen LogP contribution < -0.4 is 10.1 Å². The minimum atomic E-state index is -3.62. The van der Waals surface area contributed by atoms with Gasteiger partial charge in [-0.1, -0.05) is 18.2 Å². The standard InChI is InChI=1S/C22H33N3O6S/c1-2-29-20-8-4-3-6-18(20)16-23-21(26)19-7-5-11-25(17-19)32(27,28)24-12-9-22(10-13-24)30-14-15-31-22/h3-4,6,8,19H,2,5,7,9-17H2,1H3,(H,23,26)/t19-/m0/s1. The summed E-state index contributed by atoms with van der Waals surface area (Å²) in [5.41, 5.74) is 0.904. The van der Waals surface area contributed by atoms with Gasteiger partial charge in [-0.15, -0.1) is 0 Å². The van der Waals surface area contributed by atoms with Crippen molar-refractivity contribution in [1.29, 1.82) is 0 Å². The molecule has 32 heavy (non-hydrogen) atoms. The fraction of sp³-hybridized carbons (Fsp3) is 0.682. The molecule has 1 amide bonds. The molecule has 3 aliphatic heterocycles. The molecule has 3 saturated heterocycles. The first kappa shape index (κ1) is 23.4. The number of para-hydroxylation sites is 1. The zero-order valence-corrected chi connectivity index (χ0v) is 19.4. The van der Waals surface area contributed by atoms with Crippen molar-refractivity contribution in [3.05, 3.63) is 29.8 Å². The zero-order valence-electron chi connectivity index (χ0n) is 18.6. The van der Waals surface area contributed by atoms with Gasteiger partial charge in [0.2, 0.25) is 5.91 Å². The van der Waals surface area contributed by atoms with Crippen LogP contribution in [0.4, 0.5) is 0 Å². The summed E-state index contributed by atoms with van der Waals surface area (Å²) in [7, 11) is -3.62. The Balaban J connectivity index is 1.33. The molecule has 0 unspecified atom stereocenters. The van der Waals surface area contributed by atoms with E-state index in [9.17, 15) is 13.2 Å². The van der Waals surface area contributed by atoms with Crippen LogP contribution in [0.25, 0.3) is 0 Å². The SMILES string of the molecule is CCOc1ccccc1CNC(=O)[C@H]1CCCN(S(=O)(=O)N2CCC3(CC2)OCCO3)C1. The van der Waals surface area contributed by atoms with Crippen LogP contribution in [0.1, 0.15) is 38.2 Å². The first-order chi connectivity index (χ1) is 15.4. The van der Waals surface area contributed by atoms with Gasteiger partial charge in [-0.3, -0.25) is 4.79 Å². The number of amides is 1. The second-order valence-corrected chi connectivity index (χ2v) is 10.4. The third-order valence-electron chi connectivity index (χ3n) is 6.43. The predicted molar refractivity (Wildman–Crippen MR) is 118 cm³/mol. The molecule has 3 heterocycles. The van der Waals surface area contributed by atoms with Crippen LogP contribution in [0.2, 0.25) is 0 Å². The van der Waals surface area contributed by atoms with Crippen LogP contribution in [-0.2, 0) is 31.0 Å². The molecular weight excluding hydrogens is 434 g/mol. The third-order valence-corrected chi connectivity index (χ3v) is 8.43. The van der Waals surface area contributed by atoms with Crippen LogP contribution in [0, 0.1) is 5.92 Å². The number of ether oxygens (including phenoxy) is 3. The zero-order chi connectivity index (χ0) is 22.6. The highest BCUT2D eigenvalue weighted by molar-refractivity contribution is 7.86. The molecule has 1 N–H and O–H groups in total. The summed E-state index contributed by atoms with van der Waals surface area (Å²) in [6, 6.07) is 7.60. The van der Waals surface area contributed by atoms with Crippen LogP contribution >= 0.6 is 0 Å². The highest BCUT2D eigenvalue weighted by Crippen LogP contribution is 2.33. The van der Waals surface area contributed by atoms with E-state index < -0.39 is 16.0 Å².